The quantitative estimate of drug-likeness (QED) is 0.810. The summed E-state index contributed by atoms with van der Waals surface area (Å²) in [4.78, 5) is 14.2. The normalized spacial score (nSPS) is 14.2. The number of amides is 2. The molecule has 126 valence electrons. The van der Waals surface area contributed by atoms with Crippen LogP contribution in [0.15, 0.2) is 42.5 Å². The summed E-state index contributed by atoms with van der Waals surface area (Å²) in [5.41, 5.74) is 5.07. The molecule has 2 amide bonds. The highest BCUT2D eigenvalue weighted by molar-refractivity contribution is 5.90. The summed E-state index contributed by atoms with van der Waals surface area (Å²) in [7, 11) is 2.07. The Labute approximate surface area is 142 Å². The van der Waals surface area contributed by atoms with Gasteiger partial charge in [0, 0.05) is 31.5 Å². The number of fused-ring (bicyclic) bond motifs is 1. The molecule has 0 radical (unpaired) electrons. The maximum atomic E-state index is 12.0. The van der Waals surface area contributed by atoms with E-state index >= 15 is 0 Å². The molecule has 5 heteroatoms. The third-order valence-electron chi connectivity index (χ3n) is 4.47. The van der Waals surface area contributed by atoms with Gasteiger partial charge in [-0.3, -0.25) is 0 Å². The van der Waals surface area contributed by atoms with Crippen LogP contribution in [0.5, 0.6) is 0 Å². The van der Waals surface area contributed by atoms with Crippen molar-refractivity contribution in [2.45, 2.75) is 19.4 Å². The van der Waals surface area contributed by atoms with E-state index in [4.69, 9.17) is 0 Å². The lowest BCUT2D eigenvalue weighted by atomic mass is 10.0. The fourth-order valence-corrected chi connectivity index (χ4v) is 2.98. The standard InChI is InChI=1S/C19H23N3O2/c1-13-5-3-4-6-16(13)21-19(24)20-12-18(23)15-7-8-17-14(11-15)9-10-22(17)2/h3-8,11,18,23H,9-10,12H2,1-2H3,(H2,20,21,24). The van der Waals surface area contributed by atoms with Crippen molar-refractivity contribution in [2.75, 3.05) is 30.4 Å². The molecule has 0 bridgehead atoms. The van der Waals surface area contributed by atoms with E-state index in [-0.39, 0.29) is 12.6 Å². The van der Waals surface area contributed by atoms with E-state index in [1.54, 1.807) is 0 Å². The monoisotopic (exact) mass is 325 g/mol. The first kappa shape index (κ1) is 16.3. The molecule has 0 saturated carbocycles. The first-order valence-electron chi connectivity index (χ1n) is 8.17. The van der Waals surface area contributed by atoms with Gasteiger partial charge < -0.3 is 20.6 Å². The molecule has 24 heavy (non-hydrogen) atoms. The number of rotatable bonds is 4. The van der Waals surface area contributed by atoms with E-state index in [9.17, 15) is 9.90 Å². The summed E-state index contributed by atoms with van der Waals surface area (Å²) < 4.78 is 0. The van der Waals surface area contributed by atoms with Crippen LogP contribution in [0.4, 0.5) is 16.2 Å². The summed E-state index contributed by atoms with van der Waals surface area (Å²) in [5.74, 6) is 0. The SMILES string of the molecule is Cc1ccccc1NC(=O)NCC(O)c1ccc2c(c1)CCN2C. The molecular weight excluding hydrogens is 302 g/mol. The molecule has 2 aromatic rings. The Kier molecular flexibility index (Phi) is 4.71. The van der Waals surface area contributed by atoms with Gasteiger partial charge in [-0.2, -0.15) is 0 Å². The lowest BCUT2D eigenvalue weighted by Crippen LogP contribution is -2.32. The Morgan fingerprint density at radius 2 is 2.08 bits per heavy atom. The number of carbonyl (C=O) groups is 1. The molecular formula is C19H23N3O2. The molecule has 3 N–H and O–H groups in total. The van der Waals surface area contributed by atoms with Crippen molar-refractivity contribution in [3.8, 4) is 0 Å². The van der Waals surface area contributed by atoms with E-state index in [1.807, 2.05) is 49.4 Å². The van der Waals surface area contributed by atoms with Gasteiger partial charge in [0.25, 0.3) is 0 Å². The highest BCUT2D eigenvalue weighted by Crippen LogP contribution is 2.29. The Morgan fingerprint density at radius 1 is 1.29 bits per heavy atom. The maximum Gasteiger partial charge on any atom is 0.319 e. The summed E-state index contributed by atoms with van der Waals surface area (Å²) in [6, 6.07) is 13.3. The number of hydrogen-bond donors (Lipinski definition) is 3. The predicted octanol–water partition coefficient (Wildman–Crippen LogP) is 2.84. The molecule has 0 spiro atoms. The molecule has 0 fully saturated rings. The van der Waals surface area contributed by atoms with Crippen LogP contribution in [0.3, 0.4) is 0 Å². The minimum atomic E-state index is -0.719. The van der Waals surface area contributed by atoms with Crippen molar-refractivity contribution in [1.29, 1.82) is 0 Å². The van der Waals surface area contributed by atoms with Gasteiger partial charge in [-0.25, -0.2) is 4.79 Å². The molecule has 0 aromatic heterocycles. The molecule has 1 aliphatic heterocycles. The van der Waals surface area contributed by atoms with Gasteiger partial charge in [0.15, 0.2) is 0 Å². The van der Waals surface area contributed by atoms with Gasteiger partial charge >= 0.3 is 6.03 Å². The maximum absolute atomic E-state index is 12.0. The predicted molar refractivity (Wildman–Crippen MR) is 96.6 cm³/mol. The average Bonchev–Trinajstić information content (AvgIpc) is 2.95. The molecule has 3 rings (SSSR count). The zero-order chi connectivity index (χ0) is 17.1. The van der Waals surface area contributed by atoms with Crippen molar-refractivity contribution >= 4 is 17.4 Å². The topological polar surface area (TPSA) is 64.6 Å². The second-order valence-corrected chi connectivity index (χ2v) is 6.23. The number of hydrogen-bond acceptors (Lipinski definition) is 3. The van der Waals surface area contributed by atoms with E-state index in [2.05, 4.69) is 22.6 Å². The van der Waals surface area contributed by atoms with Crippen LogP contribution in [0, 0.1) is 6.92 Å². The third kappa shape index (κ3) is 3.51. The second kappa shape index (κ2) is 6.93. The summed E-state index contributed by atoms with van der Waals surface area (Å²) in [6.45, 7) is 3.12. The molecule has 1 aliphatic rings. The van der Waals surface area contributed by atoms with Crippen molar-refractivity contribution in [2.24, 2.45) is 0 Å². The number of benzene rings is 2. The fourth-order valence-electron chi connectivity index (χ4n) is 2.98. The molecule has 0 aliphatic carbocycles. The van der Waals surface area contributed by atoms with Crippen LogP contribution in [0.2, 0.25) is 0 Å². The van der Waals surface area contributed by atoms with Gasteiger partial charge in [0.05, 0.1) is 6.10 Å². The summed E-state index contributed by atoms with van der Waals surface area (Å²) >= 11 is 0. The van der Waals surface area contributed by atoms with Crippen molar-refractivity contribution in [3.63, 3.8) is 0 Å². The van der Waals surface area contributed by atoms with Gasteiger partial charge in [-0.15, -0.1) is 0 Å². The Hall–Kier alpha value is -2.53. The summed E-state index contributed by atoms with van der Waals surface area (Å²) in [6.07, 6.45) is 0.275. The number of carbonyl (C=O) groups excluding carboxylic acids is 1. The first-order valence-corrected chi connectivity index (χ1v) is 8.17. The number of nitrogens with zero attached hydrogens (tertiary/aromatic N) is 1. The molecule has 1 heterocycles. The number of likely N-dealkylation sites (N-methyl/N-ethyl adjacent to an activating group) is 1. The molecule has 1 unspecified atom stereocenters. The number of aliphatic hydroxyl groups is 1. The van der Waals surface area contributed by atoms with E-state index in [0.29, 0.717) is 0 Å². The van der Waals surface area contributed by atoms with Gasteiger partial charge in [0.1, 0.15) is 0 Å². The Morgan fingerprint density at radius 3 is 2.88 bits per heavy atom. The Bertz CT molecular complexity index is 745. The zero-order valence-corrected chi connectivity index (χ0v) is 14.0. The number of nitrogens with one attached hydrogen (secondary N) is 2. The largest absolute Gasteiger partial charge is 0.387 e. The van der Waals surface area contributed by atoms with Crippen LogP contribution < -0.4 is 15.5 Å². The van der Waals surface area contributed by atoms with Crippen LogP contribution in [-0.4, -0.2) is 31.3 Å². The number of para-hydroxylation sites is 1. The first-order chi connectivity index (χ1) is 11.5. The van der Waals surface area contributed by atoms with Crippen LogP contribution in [0.1, 0.15) is 22.8 Å². The number of urea groups is 1. The van der Waals surface area contributed by atoms with E-state index in [1.165, 1.54) is 11.3 Å². The highest BCUT2D eigenvalue weighted by Gasteiger charge is 2.18. The average molecular weight is 325 g/mol. The van der Waals surface area contributed by atoms with Gasteiger partial charge in [0.2, 0.25) is 0 Å². The van der Waals surface area contributed by atoms with E-state index in [0.717, 1.165) is 29.8 Å². The lowest BCUT2D eigenvalue weighted by molar-refractivity contribution is 0.175. The highest BCUT2D eigenvalue weighted by atomic mass is 16.3. The smallest absolute Gasteiger partial charge is 0.319 e. The van der Waals surface area contributed by atoms with Gasteiger partial charge in [-0.05, 0) is 42.2 Å². The van der Waals surface area contributed by atoms with Crippen LogP contribution in [0.25, 0.3) is 0 Å². The fraction of sp³-hybridized carbons (Fsp3) is 0.316. The lowest BCUT2D eigenvalue weighted by Gasteiger charge is -2.16. The second-order valence-electron chi connectivity index (χ2n) is 6.23. The van der Waals surface area contributed by atoms with E-state index < -0.39 is 6.10 Å². The zero-order valence-electron chi connectivity index (χ0n) is 14.0. The molecule has 1 atom stereocenters. The minimum absolute atomic E-state index is 0.173. The number of aliphatic hydroxyl groups excluding tert-OH is 1. The van der Waals surface area contributed by atoms with Crippen LogP contribution in [-0.2, 0) is 6.42 Å². The van der Waals surface area contributed by atoms with Crippen molar-refractivity contribution < 1.29 is 9.90 Å². The van der Waals surface area contributed by atoms with Crippen molar-refractivity contribution in [1.82, 2.24) is 5.32 Å². The van der Waals surface area contributed by atoms with Gasteiger partial charge in [-0.1, -0.05) is 30.3 Å². The Balaban J connectivity index is 1.57. The molecule has 5 nitrogen and oxygen atoms in total. The minimum Gasteiger partial charge on any atom is -0.387 e. The third-order valence-corrected chi connectivity index (χ3v) is 4.47. The molecule has 0 saturated heterocycles. The van der Waals surface area contributed by atoms with Crippen LogP contribution >= 0.6 is 0 Å². The molecule has 2 aromatic carbocycles. The van der Waals surface area contributed by atoms with Crippen molar-refractivity contribution in [3.05, 3.63) is 59.2 Å². The number of aryl methyl sites for hydroxylation is 1. The summed E-state index contributed by atoms with van der Waals surface area (Å²) in [5, 5.41) is 15.9. The number of anilines is 2.